The second-order valence-corrected chi connectivity index (χ2v) is 8.49. The minimum atomic E-state index is -1.09. The van der Waals surface area contributed by atoms with Gasteiger partial charge in [-0.1, -0.05) is 0 Å². The molecule has 4 N–H and O–H groups in total. The maximum absolute atomic E-state index is 12.8. The molecule has 1 aliphatic rings. The molecule has 1 fully saturated rings. The van der Waals surface area contributed by atoms with Crippen LogP contribution >= 0.6 is 11.3 Å². The number of nitrogens with one attached hydrogen (secondary N) is 2. The van der Waals surface area contributed by atoms with Gasteiger partial charge in [-0.3, -0.25) is 19.2 Å². The van der Waals surface area contributed by atoms with E-state index < -0.39 is 23.9 Å². The Kier molecular flexibility index (Phi) is 5.87. The number of nitrogens with zero attached hydrogens (tertiary/aromatic N) is 3. The van der Waals surface area contributed by atoms with Gasteiger partial charge in [0.2, 0.25) is 5.91 Å². The molecule has 1 saturated carbocycles. The fraction of sp³-hybridized carbons (Fsp3) is 0.500. The number of primary amides is 1. The number of carbonyl (C=O) groups excluding carboxylic acids is 4. The first-order valence-corrected chi connectivity index (χ1v) is 10.0. The van der Waals surface area contributed by atoms with Crippen molar-refractivity contribution in [3.8, 4) is 0 Å². The largest absolute Gasteiger partial charge is 0.361 e. The average Bonchev–Trinajstić information content (AvgIpc) is 3.19. The zero-order chi connectivity index (χ0) is 21.3. The SMILES string of the molecule is CN(C)C(=O)[C@H]1CC[C@@H](NC(=O)C(N)=O)[C@H](NC(=O)c2nc3cn(C)cc3s2)C1. The van der Waals surface area contributed by atoms with E-state index in [4.69, 9.17) is 5.73 Å². The molecule has 0 unspecified atom stereocenters. The Hall–Kier alpha value is -2.95. The topological polar surface area (TPSA) is 139 Å². The molecule has 0 aromatic carbocycles. The van der Waals surface area contributed by atoms with E-state index >= 15 is 0 Å². The van der Waals surface area contributed by atoms with E-state index in [1.54, 1.807) is 14.1 Å². The second kappa shape index (κ2) is 8.19. The predicted molar refractivity (Wildman–Crippen MR) is 107 cm³/mol. The summed E-state index contributed by atoms with van der Waals surface area (Å²) < 4.78 is 2.75. The van der Waals surface area contributed by atoms with E-state index in [2.05, 4.69) is 15.6 Å². The minimum Gasteiger partial charge on any atom is -0.361 e. The van der Waals surface area contributed by atoms with E-state index in [0.717, 1.165) is 10.2 Å². The van der Waals surface area contributed by atoms with Gasteiger partial charge in [0.05, 0.1) is 16.3 Å². The Balaban J connectivity index is 1.77. The molecule has 10 nitrogen and oxygen atoms in total. The normalized spacial score (nSPS) is 21.6. The number of thiazole rings is 1. The van der Waals surface area contributed by atoms with Crippen molar-refractivity contribution in [3.05, 3.63) is 17.4 Å². The molecular formula is C18H24N6O4S. The first-order chi connectivity index (χ1) is 13.7. The molecule has 4 amide bonds. The number of nitrogens with two attached hydrogens (primary N) is 1. The summed E-state index contributed by atoms with van der Waals surface area (Å²) in [4.78, 5) is 53.9. The molecule has 156 valence electrons. The molecule has 3 atom stereocenters. The maximum Gasteiger partial charge on any atom is 0.309 e. The van der Waals surface area contributed by atoms with Crippen molar-refractivity contribution < 1.29 is 19.2 Å². The lowest BCUT2D eigenvalue weighted by Gasteiger charge is -2.36. The molecule has 0 spiro atoms. The van der Waals surface area contributed by atoms with Gasteiger partial charge < -0.3 is 25.8 Å². The molecule has 2 heterocycles. The van der Waals surface area contributed by atoms with Gasteiger partial charge in [0.1, 0.15) is 0 Å². The average molecular weight is 420 g/mol. The zero-order valence-corrected chi connectivity index (χ0v) is 17.3. The van der Waals surface area contributed by atoms with E-state index in [-0.39, 0.29) is 17.7 Å². The Morgan fingerprint density at radius 2 is 1.90 bits per heavy atom. The Bertz CT molecular complexity index is 933. The van der Waals surface area contributed by atoms with Crippen LogP contribution in [0.3, 0.4) is 0 Å². The summed E-state index contributed by atoms with van der Waals surface area (Å²) in [6, 6.07) is -1.02. The van der Waals surface area contributed by atoms with Gasteiger partial charge in [-0.15, -0.1) is 11.3 Å². The van der Waals surface area contributed by atoms with Crippen molar-refractivity contribution >= 4 is 45.2 Å². The van der Waals surface area contributed by atoms with Crippen molar-refractivity contribution in [2.45, 2.75) is 31.3 Å². The van der Waals surface area contributed by atoms with Gasteiger partial charge in [-0.05, 0) is 19.3 Å². The summed E-state index contributed by atoms with van der Waals surface area (Å²) in [6.07, 6.45) is 5.03. The molecule has 1 aliphatic carbocycles. The minimum absolute atomic E-state index is 0.0376. The van der Waals surface area contributed by atoms with Crippen LogP contribution < -0.4 is 16.4 Å². The lowest BCUT2D eigenvalue weighted by atomic mass is 9.81. The quantitative estimate of drug-likeness (QED) is 0.577. The van der Waals surface area contributed by atoms with Gasteiger partial charge >= 0.3 is 11.8 Å². The fourth-order valence-corrected chi connectivity index (χ4v) is 4.53. The van der Waals surface area contributed by atoms with Gasteiger partial charge in [0.25, 0.3) is 5.91 Å². The highest BCUT2D eigenvalue weighted by Gasteiger charge is 2.37. The van der Waals surface area contributed by atoms with E-state index in [1.165, 1.54) is 16.2 Å². The second-order valence-electron chi connectivity index (χ2n) is 7.46. The molecule has 2 aromatic heterocycles. The lowest BCUT2D eigenvalue weighted by molar-refractivity contribution is -0.138. The predicted octanol–water partition coefficient (Wildman–Crippen LogP) is -0.408. The number of hydrogen-bond acceptors (Lipinski definition) is 6. The van der Waals surface area contributed by atoms with Crippen molar-refractivity contribution in [2.24, 2.45) is 18.7 Å². The Morgan fingerprint density at radius 3 is 2.52 bits per heavy atom. The first-order valence-electron chi connectivity index (χ1n) is 9.20. The van der Waals surface area contributed by atoms with E-state index in [0.29, 0.717) is 24.3 Å². The monoisotopic (exact) mass is 420 g/mol. The van der Waals surface area contributed by atoms with Crippen LogP contribution in [0, 0.1) is 5.92 Å². The number of rotatable bonds is 4. The Morgan fingerprint density at radius 1 is 1.17 bits per heavy atom. The first kappa shape index (κ1) is 20.8. The number of fused-ring (bicyclic) bond motifs is 1. The number of hydrogen-bond donors (Lipinski definition) is 3. The Labute approximate surface area is 171 Å². The number of aromatic nitrogens is 2. The van der Waals surface area contributed by atoms with Crippen molar-refractivity contribution in [3.63, 3.8) is 0 Å². The lowest BCUT2D eigenvalue weighted by Crippen LogP contribution is -2.57. The van der Waals surface area contributed by atoms with Crippen LogP contribution in [0.4, 0.5) is 0 Å². The van der Waals surface area contributed by atoms with E-state index in [9.17, 15) is 19.2 Å². The molecule has 0 radical (unpaired) electrons. The summed E-state index contributed by atoms with van der Waals surface area (Å²) >= 11 is 1.27. The summed E-state index contributed by atoms with van der Waals surface area (Å²) in [5.41, 5.74) is 5.77. The molecule has 0 aliphatic heterocycles. The zero-order valence-electron chi connectivity index (χ0n) is 16.5. The van der Waals surface area contributed by atoms with Crippen molar-refractivity contribution in [1.82, 2.24) is 25.1 Å². The fourth-order valence-electron chi connectivity index (χ4n) is 3.60. The van der Waals surface area contributed by atoms with Crippen LogP contribution in [0.5, 0.6) is 0 Å². The molecular weight excluding hydrogens is 396 g/mol. The number of carbonyl (C=O) groups is 4. The third-order valence-electron chi connectivity index (χ3n) is 5.02. The van der Waals surface area contributed by atoms with Crippen LogP contribution in [0.15, 0.2) is 12.4 Å². The molecule has 0 saturated heterocycles. The highest BCUT2D eigenvalue weighted by molar-refractivity contribution is 7.20. The molecule has 3 rings (SSSR count). The van der Waals surface area contributed by atoms with Crippen LogP contribution in [0.25, 0.3) is 10.2 Å². The molecule has 2 aromatic rings. The third-order valence-corrected chi connectivity index (χ3v) is 6.02. The summed E-state index contributed by atoms with van der Waals surface area (Å²) in [5.74, 6) is -2.70. The molecule has 0 bridgehead atoms. The van der Waals surface area contributed by atoms with Gasteiger partial charge in [0, 0.05) is 45.5 Å². The molecule has 11 heteroatoms. The third kappa shape index (κ3) is 4.56. The van der Waals surface area contributed by atoms with Gasteiger partial charge in [-0.25, -0.2) is 4.98 Å². The van der Waals surface area contributed by atoms with Crippen molar-refractivity contribution in [2.75, 3.05) is 14.1 Å². The summed E-state index contributed by atoms with van der Waals surface area (Å²) in [6.45, 7) is 0. The maximum atomic E-state index is 12.8. The van der Waals surface area contributed by atoms with E-state index in [1.807, 2.05) is 24.0 Å². The van der Waals surface area contributed by atoms with Gasteiger partial charge in [0.15, 0.2) is 5.01 Å². The highest BCUT2D eigenvalue weighted by Crippen LogP contribution is 2.27. The summed E-state index contributed by atoms with van der Waals surface area (Å²) in [5, 5.41) is 5.76. The van der Waals surface area contributed by atoms with Crippen LogP contribution in [-0.4, -0.2) is 64.3 Å². The summed E-state index contributed by atoms with van der Waals surface area (Å²) in [7, 11) is 5.24. The van der Waals surface area contributed by atoms with Crippen LogP contribution in [0.1, 0.15) is 29.1 Å². The standard InChI is InChI=1S/C18H24N6O4S/c1-23(2)18(28)9-4-5-10(20-15(26)14(19)25)11(6-9)21-16(27)17-22-12-7-24(3)8-13(12)29-17/h7-11H,4-6H2,1-3H3,(H2,19,25)(H,20,26)(H,21,27)/t9-,10+,11+/m0/s1. The highest BCUT2D eigenvalue weighted by atomic mass is 32.1. The van der Waals surface area contributed by atoms with Crippen LogP contribution in [0.2, 0.25) is 0 Å². The number of amides is 4. The smallest absolute Gasteiger partial charge is 0.309 e. The van der Waals surface area contributed by atoms with Crippen LogP contribution in [-0.2, 0) is 21.4 Å². The van der Waals surface area contributed by atoms with Crippen molar-refractivity contribution in [1.29, 1.82) is 0 Å². The van der Waals surface area contributed by atoms with Gasteiger partial charge in [-0.2, -0.15) is 0 Å². The number of aryl methyl sites for hydroxylation is 1. The molecule has 29 heavy (non-hydrogen) atoms.